The molecule has 0 atom stereocenters. The van der Waals surface area contributed by atoms with Crippen LogP contribution >= 0.6 is 0 Å². The Balaban J connectivity index is 1.14. The first-order valence-corrected chi connectivity index (χ1v) is 15.8. The fraction of sp³-hybridized carbons (Fsp3) is 0.514. The Bertz CT molecular complexity index is 1340. The molecule has 3 amide bonds. The van der Waals surface area contributed by atoms with E-state index in [9.17, 15) is 9.59 Å². The second-order valence-electron chi connectivity index (χ2n) is 13.3. The quantitative estimate of drug-likeness (QED) is 0.297. The molecular formula is C35H47N5O2. The van der Waals surface area contributed by atoms with Crippen LogP contribution in [0.15, 0.2) is 54.6 Å². The SMILES string of the molecule is Cc1ccc(-n2nc(C(C)(C)C)cc2NC(=O)Nc2ccc(CC3CCN(C(=O)C4CCCCCC4)CC3)cc2)cc1. The molecule has 2 aliphatic rings. The highest BCUT2D eigenvalue weighted by molar-refractivity contribution is 5.99. The summed E-state index contributed by atoms with van der Waals surface area (Å²) in [5.74, 6) is 1.87. The summed E-state index contributed by atoms with van der Waals surface area (Å²) in [6, 6.07) is 17.9. The molecule has 0 radical (unpaired) electrons. The average molecular weight is 570 g/mol. The molecule has 1 aliphatic carbocycles. The third kappa shape index (κ3) is 7.61. The topological polar surface area (TPSA) is 79.3 Å². The molecule has 1 aliphatic heterocycles. The second-order valence-corrected chi connectivity index (χ2v) is 13.3. The fourth-order valence-corrected chi connectivity index (χ4v) is 6.20. The molecule has 1 aromatic heterocycles. The number of likely N-dealkylation sites (tertiary alicyclic amines) is 1. The van der Waals surface area contributed by atoms with Crippen molar-refractivity contribution in [3.8, 4) is 5.69 Å². The van der Waals surface area contributed by atoms with Crippen molar-refractivity contribution in [2.75, 3.05) is 23.7 Å². The highest BCUT2D eigenvalue weighted by Crippen LogP contribution is 2.29. The number of hydrogen-bond acceptors (Lipinski definition) is 3. The van der Waals surface area contributed by atoms with Gasteiger partial charge in [0, 0.05) is 36.2 Å². The normalized spacial score (nSPS) is 17.1. The molecule has 2 aromatic carbocycles. The van der Waals surface area contributed by atoms with Crippen LogP contribution in [-0.4, -0.2) is 39.7 Å². The summed E-state index contributed by atoms with van der Waals surface area (Å²) in [5.41, 5.74) is 4.83. The molecule has 1 saturated carbocycles. The van der Waals surface area contributed by atoms with Crippen LogP contribution in [0.25, 0.3) is 5.69 Å². The van der Waals surface area contributed by atoms with E-state index in [1.165, 1.54) is 36.8 Å². The van der Waals surface area contributed by atoms with Gasteiger partial charge in [-0.2, -0.15) is 5.10 Å². The number of amides is 3. The lowest BCUT2D eigenvalue weighted by Crippen LogP contribution is -2.42. The first-order valence-electron chi connectivity index (χ1n) is 15.8. The fourth-order valence-electron chi connectivity index (χ4n) is 6.20. The smallest absolute Gasteiger partial charge is 0.324 e. The van der Waals surface area contributed by atoms with Crippen LogP contribution in [0.4, 0.5) is 16.3 Å². The van der Waals surface area contributed by atoms with Gasteiger partial charge in [-0.05, 0) is 74.8 Å². The number of aryl methyl sites for hydroxylation is 1. The number of carbonyl (C=O) groups excluding carboxylic acids is 2. The van der Waals surface area contributed by atoms with Gasteiger partial charge in [-0.3, -0.25) is 10.1 Å². The molecule has 7 nitrogen and oxygen atoms in total. The molecule has 0 bridgehead atoms. The lowest BCUT2D eigenvalue weighted by atomic mass is 9.89. The van der Waals surface area contributed by atoms with Gasteiger partial charge >= 0.3 is 6.03 Å². The lowest BCUT2D eigenvalue weighted by Gasteiger charge is -2.34. The van der Waals surface area contributed by atoms with E-state index < -0.39 is 0 Å². The number of rotatable bonds is 6. The number of piperidine rings is 1. The van der Waals surface area contributed by atoms with E-state index in [1.807, 2.05) is 42.5 Å². The van der Waals surface area contributed by atoms with Crippen LogP contribution in [0.1, 0.15) is 89.0 Å². The number of hydrogen-bond donors (Lipinski definition) is 2. The van der Waals surface area contributed by atoms with Gasteiger partial charge in [0.05, 0.1) is 11.4 Å². The zero-order chi connectivity index (χ0) is 29.7. The third-order valence-corrected chi connectivity index (χ3v) is 8.86. The number of anilines is 2. The predicted molar refractivity (Wildman–Crippen MR) is 170 cm³/mol. The summed E-state index contributed by atoms with van der Waals surface area (Å²) in [7, 11) is 0. The summed E-state index contributed by atoms with van der Waals surface area (Å²) in [4.78, 5) is 28.2. The van der Waals surface area contributed by atoms with Crippen molar-refractivity contribution >= 4 is 23.4 Å². The van der Waals surface area contributed by atoms with Crippen LogP contribution in [0.2, 0.25) is 0 Å². The van der Waals surface area contributed by atoms with Crippen LogP contribution in [0, 0.1) is 18.8 Å². The zero-order valence-electron chi connectivity index (χ0n) is 25.8. The highest BCUT2D eigenvalue weighted by atomic mass is 16.2. The predicted octanol–water partition coefficient (Wildman–Crippen LogP) is 7.87. The molecule has 2 N–H and O–H groups in total. The van der Waals surface area contributed by atoms with Crippen molar-refractivity contribution in [1.82, 2.24) is 14.7 Å². The van der Waals surface area contributed by atoms with Gasteiger partial charge in [-0.15, -0.1) is 0 Å². The van der Waals surface area contributed by atoms with Gasteiger partial charge in [0.1, 0.15) is 5.82 Å². The van der Waals surface area contributed by atoms with E-state index in [0.717, 1.165) is 62.3 Å². The molecule has 3 aromatic rings. The van der Waals surface area contributed by atoms with Crippen LogP contribution in [0.5, 0.6) is 0 Å². The summed E-state index contributed by atoms with van der Waals surface area (Å²) in [6.07, 6.45) is 10.2. The van der Waals surface area contributed by atoms with Crippen molar-refractivity contribution in [1.29, 1.82) is 0 Å². The second kappa shape index (κ2) is 13.1. The lowest BCUT2D eigenvalue weighted by molar-refractivity contribution is -0.137. The zero-order valence-corrected chi connectivity index (χ0v) is 25.8. The van der Waals surface area contributed by atoms with E-state index in [4.69, 9.17) is 5.10 Å². The minimum atomic E-state index is -0.304. The first kappa shape index (κ1) is 29.9. The Morgan fingerprint density at radius 1 is 0.857 bits per heavy atom. The van der Waals surface area contributed by atoms with Gasteiger partial charge in [-0.25, -0.2) is 9.48 Å². The van der Waals surface area contributed by atoms with E-state index in [-0.39, 0.29) is 17.4 Å². The van der Waals surface area contributed by atoms with E-state index in [0.29, 0.717) is 17.6 Å². The Hall–Kier alpha value is -3.61. The van der Waals surface area contributed by atoms with Gasteiger partial charge < -0.3 is 10.2 Å². The van der Waals surface area contributed by atoms with E-state index >= 15 is 0 Å². The Labute approximate surface area is 251 Å². The summed E-state index contributed by atoms with van der Waals surface area (Å²) < 4.78 is 1.79. The maximum absolute atomic E-state index is 13.0. The summed E-state index contributed by atoms with van der Waals surface area (Å²) in [5, 5.41) is 10.8. The molecule has 5 rings (SSSR count). The number of urea groups is 1. The number of carbonyl (C=O) groups is 2. The minimum absolute atomic E-state index is 0.153. The van der Waals surface area contributed by atoms with Crippen molar-refractivity contribution in [3.63, 3.8) is 0 Å². The first-order chi connectivity index (χ1) is 20.2. The van der Waals surface area contributed by atoms with Gasteiger partial charge in [-0.1, -0.05) is 76.3 Å². The van der Waals surface area contributed by atoms with E-state index in [2.05, 4.69) is 55.4 Å². The number of benzene rings is 2. The van der Waals surface area contributed by atoms with Crippen LogP contribution in [-0.2, 0) is 16.6 Å². The molecule has 7 heteroatoms. The van der Waals surface area contributed by atoms with Crippen molar-refractivity contribution in [3.05, 3.63) is 71.4 Å². The molecule has 2 heterocycles. The molecule has 0 spiro atoms. The maximum Gasteiger partial charge on any atom is 0.324 e. The monoisotopic (exact) mass is 569 g/mol. The molecule has 42 heavy (non-hydrogen) atoms. The molecule has 224 valence electrons. The highest BCUT2D eigenvalue weighted by Gasteiger charge is 2.28. The number of nitrogens with one attached hydrogen (secondary N) is 2. The molecule has 0 unspecified atom stereocenters. The van der Waals surface area contributed by atoms with Crippen molar-refractivity contribution in [2.24, 2.45) is 11.8 Å². The number of nitrogens with zero attached hydrogens (tertiary/aromatic N) is 3. The van der Waals surface area contributed by atoms with Gasteiger partial charge in [0.15, 0.2) is 0 Å². The Morgan fingerprint density at radius 2 is 1.50 bits per heavy atom. The summed E-state index contributed by atoms with van der Waals surface area (Å²) in [6.45, 7) is 10.2. The number of aromatic nitrogens is 2. The van der Waals surface area contributed by atoms with Gasteiger partial charge in [0.2, 0.25) is 5.91 Å². The van der Waals surface area contributed by atoms with Crippen molar-refractivity contribution < 1.29 is 9.59 Å². The maximum atomic E-state index is 13.0. The summed E-state index contributed by atoms with van der Waals surface area (Å²) >= 11 is 0. The third-order valence-electron chi connectivity index (χ3n) is 8.86. The minimum Gasteiger partial charge on any atom is -0.342 e. The van der Waals surface area contributed by atoms with Gasteiger partial charge in [0.25, 0.3) is 0 Å². The molecule has 1 saturated heterocycles. The Kier molecular flexibility index (Phi) is 9.34. The average Bonchev–Trinajstić information content (AvgIpc) is 3.20. The Morgan fingerprint density at radius 3 is 2.12 bits per heavy atom. The van der Waals surface area contributed by atoms with Crippen molar-refractivity contribution in [2.45, 2.75) is 90.9 Å². The largest absolute Gasteiger partial charge is 0.342 e. The van der Waals surface area contributed by atoms with E-state index in [1.54, 1.807) is 4.68 Å². The standard InChI is InChI=1S/C35H47N5O2/c1-25-11-17-30(18-12-25)40-32(24-31(38-40)35(2,3)4)37-34(42)36-29-15-13-26(14-16-29)23-27-19-21-39(22-20-27)33(41)28-9-7-5-6-8-10-28/h11-18,24,27-28H,5-10,19-23H2,1-4H3,(H2,36,37,42). The molecule has 2 fully saturated rings. The van der Waals surface area contributed by atoms with Crippen LogP contribution in [0.3, 0.4) is 0 Å². The molecular weight excluding hydrogens is 522 g/mol. The van der Waals surface area contributed by atoms with Crippen LogP contribution < -0.4 is 10.6 Å².